The first-order valence-electron chi connectivity index (χ1n) is 3.99. The van der Waals surface area contributed by atoms with Gasteiger partial charge in [0.15, 0.2) is 5.78 Å². The van der Waals surface area contributed by atoms with Crippen LogP contribution in [0.25, 0.3) is 0 Å². The van der Waals surface area contributed by atoms with Crippen LogP contribution in [-0.2, 0) is 14.3 Å². The minimum Gasteiger partial charge on any atom is -0.468 e. The maximum absolute atomic E-state index is 11.3. The molecule has 0 aromatic carbocycles. The summed E-state index contributed by atoms with van der Waals surface area (Å²) in [5.41, 5.74) is 0.557. The highest BCUT2D eigenvalue weighted by Crippen LogP contribution is 2.09. The maximum Gasteiger partial charge on any atom is 0.285 e. The first kappa shape index (κ1) is 11.0. The topological polar surface area (TPSA) is 35.5 Å². The third-order valence-electron chi connectivity index (χ3n) is 1.57. The van der Waals surface area contributed by atoms with Gasteiger partial charge in [-0.15, -0.1) is 0 Å². The van der Waals surface area contributed by atoms with Gasteiger partial charge in [-0.3, -0.25) is 4.79 Å². The van der Waals surface area contributed by atoms with Gasteiger partial charge >= 0.3 is 0 Å². The van der Waals surface area contributed by atoms with E-state index in [-0.39, 0.29) is 5.78 Å². The molecule has 70 valence electrons. The van der Waals surface area contributed by atoms with Gasteiger partial charge in [0, 0.05) is 6.42 Å². The number of hydrogen-bond acceptors (Lipinski definition) is 3. The van der Waals surface area contributed by atoms with Crippen molar-refractivity contribution in [3.8, 4) is 0 Å². The molecule has 0 bridgehead atoms. The highest BCUT2D eigenvalue weighted by molar-refractivity contribution is 5.94. The molecule has 12 heavy (non-hydrogen) atoms. The van der Waals surface area contributed by atoms with E-state index in [2.05, 4.69) is 0 Å². The summed E-state index contributed by atoms with van der Waals surface area (Å²) in [4.78, 5) is 11.3. The molecule has 0 aromatic rings. The summed E-state index contributed by atoms with van der Waals surface area (Å²) in [6.07, 6.45) is 1.39. The van der Waals surface area contributed by atoms with Gasteiger partial charge in [-0.1, -0.05) is 6.92 Å². The fourth-order valence-electron chi connectivity index (χ4n) is 0.918. The molecular weight excluding hydrogens is 156 g/mol. The summed E-state index contributed by atoms with van der Waals surface area (Å²) in [7, 11) is 2.98. The number of methoxy groups -OCH3 is 2. The molecule has 0 aliphatic heterocycles. The maximum atomic E-state index is 11.3. The molecule has 0 spiro atoms. The molecule has 0 N–H and O–H groups in total. The molecule has 0 aromatic heterocycles. The molecule has 3 nitrogen and oxygen atoms in total. The van der Waals surface area contributed by atoms with Gasteiger partial charge in [0.1, 0.15) is 0 Å². The van der Waals surface area contributed by atoms with Crippen molar-refractivity contribution in [1.82, 2.24) is 0 Å². The van der Waals surface area contributed by atoms with Crippen molar-refractivity contribution in [2.75, 3.05) is 14.2 Å². The smallest absolute Gasteiger partial charge is 0.285 e. The summed E-state index contributed by atoms with van der Waals surface area (Å²) in [5, 5.41) is 0. The Bertz CT molecular complexity index is 176. The van der Waals surface area contributed by atoms with Gasteiger partial charge in [0.05, 0.1) is 19.8 Å². The summed E-state index contributed by atoms with van der Waals surface area (Å²) in [6.45, 7) is 3.67. The van der Waals surface area contributed by atoms with E-state index < -0.39 is 0 Å². The summed E-state index contributed by atoms with van der Waals surface area (Å²) >= 11 is 0. The largest absolute Gasteiger partial charge is 0.468 e. The fraction of sp³-hybridized carbons (Fsp3) is 0.667. The zero-order chi connectivity index (χ0) is 9.56. The highest BCUT2D eigenvalue weighted by Gasteiger charge is 2.10. The Kier molecular flexibility index (Phi) is 5.17. The van der Waals surface area contributed by atoms with Gasteiger partial charge in [-0.05, 0) is 13.3 Å². The molecule has 0 amide bonds. The van der Waals surface area contributed by atoms with Crippen molar-refractivity contribution in [2.24, 2.45) is 0 Å². The van der Waals surface area contributed by atoms with Crippen molar-refractivity contribution in [2.45, 2.75) is 26.7 Å². The number of ketones is 1. The molecule has 0 saturated heterocycles. The van der Waals surface area contributed by atoms with Gasteiger partial charge in [0.2, 0.25) is 0 Å². The SMILES string of the molecule is CCCC(=O)C(C)=C(OC)OC. The zero-order valence-electron chi connectivity index (χ0n) is 8.14. The van der Waals surface area contributed by atoms with Crippen LogP contribution >= 0.6 is 0 Å². The highest BCUT2D eigenvalue weighted by atomic mass is 16.7. The van der Waals surface area contributed by atoms with Crippen LogP contribution in [0.4, 0.5) is 0 Å². The van der Waals surface area contributed by atoms with Crippen LogP contribution in [0.3, 0.4) is 0 Å². The average Bonchev–Trinajstić information content (AvgIpc) is 2.07. The van der Waals surface area contributed by atoms with E-state index in [0.29, 0.717) is 17.9 Å². The molecule has 3 heteroatoms. The van der Waals surface area contributed by atoms with E-state index in [1.165, 1.54) is 14.2 Å². The molecule has 0 aliphatic rings. The van der Waals surface area contributed by atoms with Crippen LogP contribution in [0.1, 0.15) is 26.7 Å². The third kappa shape index (κ3) is 2.95. The van der Waals surface area contributed by atoms with Crippen molar-refractivity contribution in [3.05, 3.63) is 11.5 Å². The van der Waals surface area contributed by atoms with E-state index >= 15 is 0 Å². The molecule has 0 unspecified atom stereocenters. The van der Waals surface area contributed by atoms with E-state index in [1.54, 1.807) is 6.92 Å². The minimum absolute atomic E-state index is 0.0798. The average molecular weight is 172 g/mol. The first-order valence-corrected chi connectivity index (χ1v) is 3.99. The Labute approximate surface area is 73.4 Å². The van der Waals surface area contributed by atoms with Crippen LogP contribution in [0.2, 0.25) is 0 Å². The Hall–Kier alpha value is -0.990. The fourth-order valence-corrected chi connectivity index (χ4v) is 0.918. The monoisotopic (exact) mass is 172 g/mol. The Balaban J connectivity index is 4.39. The van der Waals surface area contributed by atoms with Crippen molar-refractivity contribution in [3.63, 3.8) is 0 Å². The van der Waals surface area contributed by atoms with Crippen LogP contribution in [0.5, 0.6) is 0 Å². The van der Waals surface area contributed by atoms with Crippen LogP contribution in [0.15, 0.2) is 11.5 Å². The summed E-state index contributed by atoms with van der Waals surface area (Å²) in [6, 6.07) is 0. The number of carbonyl (C=O) groups is 1. The molecule has 0 atom stereocenters. The lowest BCUT2D eigenvalue weighted by Gasteiger charge is -2.07. The minimum atomic E-state index is 0.0798. The predicted octanol–water partition coefficient (Wildman–Crippen LogP) is 1.88. The quantitative estimate of drug-likeness (QED) is 0.469. The molecule has 0 fully saturated rings. The van der Waals surface area contributed by atoms with Gasteiger partial charge in [-0.2, -0.15) is 0 Å². The lowest BCUT2D eigenvalue weighted by atomic mass is 10.1. The van der Waals surface area contributed by atoms with Gasteiger partial charge < -0.3 is 9.47 Å². The molecule has 0 heterocycles. The second kappa shape index (κ2) is 5.63. The number of allylic oxidation sites excluding steroid dienone is 1. The van der Waals surface area contributed by atoms with Crippen LogP contribution in [0, 0.1) is 0 Å². The summed E-state index contributed by atoms with van der Waals surface area (Å²) in [5.74, 6) is 0.393. The predicted molar refractivity (Wildman–Crippen MR) is 46.6 cm³/mol. The van der Waals surface area contributed by atoms with Crippen LogP contribution < -0.4 is 0 Å². The normalized spacial score (nSPS) is 9.00. The molecular formula is C9H16O3. The third-order valence-corrected chi connectivity index (χ3v) is 1.57. The van der Waals surface area contributed by atoms with Crippen molar-refractivity contribution >= 4 is 5.78 Å². The number of rotatable bonds is 5. The number of carbonyl (C=O) groups excluding carboxylic acids is 1. The first-order chi connectivity index (χ1) is 5.67. The van der Waals surface area contributed by atoms with E-state index in [9.17, 15) is 4.79 Å². The second-order valence-electron chi connectivity index (χ2n) is 2.49. The van der Waals surface area contributed by atoms with Gasteiger partial charge in [-0.25, -0.2) is 0 Å². The Morgan fingerprint density at radius 1 is 1.25 bits per heavy atom. The Morgan fingerprint density at radius 2 is 1.75 bits per heavy atom. The lowest BCUT2D eigenvalue weighted by molar-refractivity contribution is -0.116. The number of hydrogen-bond donors (Lipinski definition) is 0. The standard InChI is InChI=1S/C9H16O3/c1-5-6-8(10)7(2)9(11-3)12-4/h5-6H2,1-4H3. The van der Waals surface area contributed by atoms with E-state index in [4.69, 9.17) is 9.47 Å². The lowest BCUT2D eigenvalue weighted by Crippen LogP contribution is -2.05. The molecule has 0 saturated carbocycles. The molecule has 0 rings (SSSR count). The van der Waals surface area contributed by atoms with E-state index in [1.807, 2.05) is 6.92 Å². The summed E-state index contributed by atoms with van der Waals surface area (Å²) < 4.78 is 9.73. The van der Waals surface area contributed by atoms with Gasteiger partial charge in [0.25, 0.3) is 5.95 Å². The van der Waals surface area contributed by atoms with Crippen molar-refractivity contribution in [1.29, 1.82) is 0 Å². The number of ether oxygens (including phenoxy) is 2. The second-order valence-corrected chi connectivity index (χ2v) is 2.49. The zero-order valence-corrected chi connectivity index (χ0v) is 8.14. The van der Waals surface area contributed by atoms with Crippen molar-refractivity contribution < 1.29 is 14.3 Å². The molecule has 0 aliphatic carbocycles. The van der Waals surface area contributed by atoms with Crippen LogP contribution in [-0.4, -0.2) is 20.0 Å². The molecule has 0 radical (unpaired) electrons. The number of Topliss-reactive ketones (excluding diaryl/α,β-unsaturated/α-hetero) is 1. The van der Waals surface area contributed by atoms with E-state index in [0.717, 1.165) is 6.42 Å². The Morgan fingerprint density at radius 3 is 2.08 bits per heavy atom.